The van der Waals surface area contributed by atoms with Crippen molar-refractivity contribution in [3.8, 4) is 0 Å². The van der Waals surface area contributed by atoms with E-state index in [9.17, 15) is 0 Å². The van der Waals surface area contributed by atoms with Crippen molar-refractivity contribution < 1.29 is 0 Å². The molecule has 1 unspecified atom stereocenters. The first-order valence-electron chi connectivity index (χ1n) is 7.50. The molecule has 1 aliphatic rings. The summed E-state index contributed by atoms with van der Waals surface area (Å²) in [6.45, 7) is 2.16. The van der Waals surface area contributed by atoms with Crippen molar-refractivity contribution in [1.82, 2.24) is 5.01 Å². The van der Waals surface area contributed by atoms with Crippen molar-refractivity contribution in [3.05, 3.63) is 71.3 Å². The van der Waals surface area contributed by atoms with Gasteiger partial charge in [-0.2, -0.15) is 5.10 Å². The Balaban J connectivity index is 1.98. The van der Waals surface area contributed by atoms with Gasteiger partial charge in [-0.1, -0.05) is 61.5 Å². The zero-order valence-electron chi connectivity index (χ0n) is 12.6. The van der Waals surface area contributed by atoms with E-state index in [1.54, 1.807) is 5.01 Å². The lowest BCUT2D eigenvalue weighted by molar-refractivity contribution is 0.371. The molecule has 2 N–H and O–H groups in total. The summed E-state index contributed by atoms with van der Waals surface area (Å²) in [7, 11) is 0. The van der Waals surface area contributed by atoms with E-state index in [0.29, 0.717) is 5.11 Å². The average molecular weight is 309 g/mol. The molecule has 0 fully saturated rings. The zero-order valence-corrected chi connectivity index (χ0v) is 13.4. The normalized spacial score (nSPS) is 17.4. The number of nitrogens with zero attached hydrogens (tertiary/aromatic N) is 2. The third-order valence-corrected chi connectivity index (χ3v) is 4.23. The SMILES string of the molecule is CCc1ccccc1C1CC(c2ccccc2)=NN1C(N)=S. The van der Waals surface area contributed by atoms with E-state index in [4.69, 9.17) is 18.0 Å². The predicted octanol–water partition coefficient (Wildman–Crippen LogP) is 3.64. The topological polar surface area (TPSA) is 41.6 Å². The summed E-state index contributed by atoms with van der Waals surface area (Å²) in [4.78, 5) is 0. The zero-order chi connectivity index (χ0) is 15.5. The Kier molecular flexibility index (Phi) is 4.20. The van der Waals surface area contributed by atoms with E-state index in [1.165, 1.54) is 11.1 Å². The van der Waals surface area contributed by atoms with Crippen molar-refractivity contribution in [3.63, 3.8) is 0 Å². The van der Waals surface area contributed by atoms with Crippen LogP contribution in [0.1, 0.15) is 36.1 Å². The van der Waals surface area contributed by atoms with E-state index in [0.717, 1.165) is 24.1 Å². The van der Waals surface area contributed by atoms with Crippen LogP contribution < -0.4 is 5.73 Å². The Bertz CT molecular complexity index is 709. The van der Waals surface area contributed by atoms with E-state index < -0.39 is 0 Å². The second kappa shape index (κ2) is 6.28. The van der Waals surface area contributed by atoms with E-state index in [1.807, 2.05) is 18.2 Å². The third kappa shape index (κ3) is 2.74. The second-order valence-electron chi connectivity index (χ2n) is 5.37. The number of hydrazone groups is 1. The molecule has 22 heavy (non-hydrogen) atoms. The minimum atomic E-state index is 0.0869. The van der Waals surface area contributed by atoms with Crippen molar-refractivity contribution in [2.75, 3.05) is 0 Å². The summed E-state index contributed by atoms with van der Waals surface area (Å²) in [6.07, 6.45) is 1.80. The highest BCUT2D eigenvalue weighted by molar-refractivity contribution is 7.80. The maximum Gasteiger partial charge on any atom is 0.187 e. The lowest BCUT2D eigenvalue weighted by atomic mass is 9.94. The third-order valence-electron chi connectivity index (χ3n) is 4.04. The smallest absolute Gasteiger partial charge is 0.187 e. The monoisotopic (exact) mass is 309 g/mol. The van der Waals surface area contributed by atoms with Crippen molar-refractivity contribution >= 4 is 23.0 Å². The molecule has 1 aliphatic heterocycles. The Labute approximate surface area is 136 Å². The molecule has 0 amide bonds. The fraction of sp³-hybridized carbons (Fsp3) is 0.222. The molecule has 112 valence electrons. The average Bonchev–Trinajstić information content (AvgIpc) is 3.01. The number of hydrogen-bond donors (Lipinski definition) is 1. The predicted molar refractivity (Wildman–Crippen MR) is 94.8 cm³/mol. The first kappa shape index (κ1) is 14.7. The van der Waals surface area contributed by atoms with Gasteiger partial charge in [0.25, 0.3) is 0 Å². The Morgan fingerprint density at radius 3 is 2.55 bits per heavy atom. The van der Waals surface area contributed by atoms with E-state index >= 15 is 0 Å². The van der Waals surface area contributed by atoms with Gasteiger partial charge in [0.2, 0.25) is 0 Å². The first-order valence-corrected chi connectivity index (χ1v) is 7.91. The minimum Gasteiger partial charge on any atom is -0.375 e. The molecule has 0 aliphatic carbocycles. The van der Waals surface area contributed by atoms with Gasteiger partial charge in [-0.3, -0.25) is 0 Å². The largest absolute Gasteiger partial charge is 0.375 e. The standard InChI is InChI=1S/C18H19N3S/c1-2-13-8-6-7-11-15(13)17-12-16(20-21(17)18(19)22)14-9-4-3-5-10-14/h3-11,17H,2,12H2,1H3,(H2,19,22). The number of thiocarbonyl (C=S) groups is 1. The van der Waals surface area contributed by atoms with Crippen LogP contribution >= 0.6 is 12.2 Å². The lowest BCUT2D eigenvalue weighted by Crippen LogP contribution is -2.32. The number of nitrogens with two attached hydrogens (primary N) is 1. The van der Waals surface area contributed by atoms with E-state index in [2.05, 4.69) is 48.4 Å². The van der Waals surface area contributed by atoms with Crippen LogP contribution in [0.15, 0.2) is 59.7 Å². The second-order valence-corrected chi connectivity index (χ2v) is 5.79. The molecule has 0 saturated heterocycles. The van der Waals surface area contributed by atoms with Crippen LogP contribution in [0.3, 0.4) is 0 Å². The van der Waals surface area contributed by atoms with Crippen LogP contribution in [0, 0.1) is 0 Å². The van der Waals surface area contributed by atoms with Crippen LogP contribution in [0.25, 0.3) is 0 Å². The van der Waals surface area contributed by atoms with Gasteiger partial charge in [0, 0.05) is 6.42 Å². The Hall–Kier alpha value is -2.20. The summed E-state index contributed by atoms with van der Waals surface area (Å²) in [6, 6.07) is 18.7. The fourth-order valence-corrected chi connectivity index (χ4v) is 3.11. The minimum absolute atomic E-state index is 0.0869. The maximum absolute atomic E-state index is 5.91. The van der Waals surface area contributed by atoms with Crippen LogP contribution in [0.4, 0.5) is 0 Å². The molecular weight excluding hydrogens is 290 g/mol. The summed E-state index contributed by atoms with van der Waals surface area (Å²) < 4.78 is 0. The number of aryl methyl sites for hydroxylation is 1. The summed E-state index contributed by atoms with van der Waals surface area (Å²) >= 11 is 5.21. The number of benzene rings is 2. The molecule has 1 heterocycles. The molecule has 3 rings (SSSR count). The van der Waals surface area contributed by atoms with Gasteiger partial charge in [-0.15, -0.1) is 0 Å². The Morgan fingerprint density at radius 2 is 1.86 bits per heavy atom. The molecule has 0 radical (unpaired) electrons. The molecular formula is C18H19N3S. The summed E-state index contributed by atoms with van der Waals surface area (Å²) in [5.41, 5.74) is 10.6. The molecule has 4 heteroatoms. The molecule has 0 aromatic heterocycles. The molecule has 0 spiro atoms. The van der Waals surface area contributed by atoms with Gasteiger partial charge in [0.1, 0.15) is 0 Å². The van der Waals surface area contributed by atoms with Crippen molar-refractivity contribution in [2.24, 2.45) is 10.8 Å². The molecule has 1 atom stereocenters. The molecule has 2 aromatic carbocycles. The van der Waals surface area contributed by atoms with Crippen molar-refractivity contribution in [2.45, 2.75) is 25.8 Å². The van der Waals surface area contributed by atoms with E-state index in [-0.39, 0.29) is 6.04 Å². The fourth-order valence-electron chi connectivity index (χ4n) is 2.94. The molecule has 0 bridgehead atoms. The van der Waals surface area contributed by atoms with Crippen LogP contribution in [-0.4, -0.2) is 15.8 Å². The molecule has 2 aromatic rings. The maximum atomic E-state index is 5.91. The van der Waals surface area contributed by atoms with Gasteiger partial charge < -0.3 is 5.73 Å². The summed E-state index contributed by atoms with van der Waals surface area (Å²) in [5.74, 6) is 0. The first-order chi connectivity index (χ1) is 10.7. The van der Waals surface area contributed by atoms with Crippen LogP contribution in [0.2, 0.25) is 0 Å². The molecule has 3 nitrogen and oxygen atoms in total. The van der Waals surface area contributed by atoms with Gasteiger partial charge in [-0.25, -0.2) is 5.01 Å². The number of rotatable bonds is 3. The van der Waals surface area contributed by atoms with Crippen LogP contribution in [-0.2, 0) is 6.42 Å². The summed E-state index contributed by atoms with van der Waals surface area (Å²) in [5, 5.41) is 6.78. The highest BCUT2D eigenvalue weighted by atomic mass is 32.1. The highest BCUT2D eigenvalue weighted by Crippen LogP contribution is 2.34. The Morgan fingerprint density at radius 1 is 1.18 bits per heavy atom. The highest BCUT2D eigenvalue weighted by Gasteiger charge is 2.31. The number of hydrogen-bond acceptors (Lipinski definition) is 2. The van der Waals surface area contributed by atoms with Crippen molar-refractivity contribution in [1.29, 1.82) is 0 Å². The van der Waals surface area contributed by atoms with Gasteiger partial charge in [-0.05, 0) is 35.3 Å². The molecule has 0 saturated carbocycles. The lowest BCUT2D eigenvalue weighted by Gasteiger charge is -2.23. The quantitative estimate of drug-likeness (QED) is 0.880. The van der Waals surface area contributed by atoms with Gasteiger partial charge in [0.05, 0.1) is 11.8 Å². The van der Waals surface area contributed by atoms with Gasteiger partial charge >= 0.3 is 0 Å². The van der Waals surface area contributed by atoms with Gasteiger partial charge in [0.15, 0.2) is 5.11 Å². The van der Waals surface area contributed by atoms with Crippen LogP contribution in [0.5, 0.6) is 0 Å².